The van der Waals surface area contributed by atoms with Crippen molar-refractivity contribution in [3.63, 3.8) is 0 Å². The SMILES string of the molecule is COc1ccc(CC(=O)NCCOc2ccc3nnc(-c4ccccc4)n3n2)cc1. The van der Waals surface area contributed by atoms with Gasteiger partial charge in [0.2, 0.25) is 11.8 Å². The van der Waals surface area contributed by atoms with E-state index in [4.69, 9.17) is 9.47 Å². The standard InChI is InChI=1S/C22H21N5O3/c1-29-18-9-7-16(8-10-18)15-20(28)23-13-14-30-21-12-11-19-24-25-22(27(19)26-21)17-5-3-2-4-6-17/h2-12H,13-15H2,1H3,(H,23,28). The number of nitrogens with one attached hydrogen (secondary N) is 1. The lowest BCUT2D eigenvalue weighted by Crippen LogP contribution is -2.29. The van der Waals surface area contributed by atoms with E-state index in [2.05, 4.69) is 20.6 Å². The number of benzene rings is 2. The van der Waals surface area contributed by atoms with E-state index in [-0.39, 0.29) is 5.91 Å². The van der Waals surface area contributed by atoms with E-state index in [0.717, 1.165) is 16.9 Å². The Morgan fingerprint density at radius 2 is 1.80 bits per heavy atom. The van der Waals surface area contributed by atoms with E-state index < -0.39 is 0 Å². The van der Waals surface area contributed by atoms with Gasteiger partial charge in [-0.05, 0) is 23.8 Å². The molecular formula is C22H21N5O3. The highest BCUT2D eigenvalue weighted by atomic mass is 16.5. The largest absolute Gasteiger partial charge is 0.497 e. The van der Waals surface area contributed by atoms with Gasteiger partial charge in [0.1, 0.15) is 12.4 Å². The third-order valence-corrected chi connectivity index (χ3v) is 4.47. The fourth-order valence-corrected chi connectivity index (χ4v) is 2.95. The lowest BCUT2D eigenvalue weighted by molar-refractivity contribution is -0.120. The van der Waals surface area contributed by atoms with Crippen LogP contribution in [0, 0.1) is 0 Å². The van der Waals surface area contributed by atoms with Crippen LogP contribution in [0.2, 0.25) is 0 Å². The second-order valence-corrected chi connectivity index (χ2v) is 6.55. The minimum Gasteiger partial charge on any atom is -0.497 e. The number of hydrogen-bond donors (Lipinski definition) is 1. The van der Waals surface area contributed by atoms with Crippen LogP contribution in [0.4, 0.5) is 0 Å². The summed E-state index contributed by atoms with van der Waals surface area (Å²) in [5.41, 5.74) is 2.47. The maximum atomic E-state index is 12.1. The van der Waals surface area contributed by atoms with Crippen LogP contribution in [0.3, 0.4) is 0 Å². The lowest BCUT2D eigenvalue weighted by atomic mass is 10.1. The van der Waals surface area contributed by atoms with E-state index in [1.807, 2.05) is 54.6 Å². The first-order valence-corrected chi connectivity index (χ1v) is 9.53. The van der Waals surface area contributed by atoms with Crippen molar-refractivity contribution in [3.05, 3.63) is 72.3 Å². The van der Waals surface area contributed by atoms with E-state index in [0.29, 0.717) is 36.9 Å². The molecule has 4 rings (SSSR count). The van der Waals surface area contributed by atoms with E-state index in [9.17, 15) is 4.79 Å². The van der Waals surface area contributed by atoms with Crippen molar-refractivity contribution in [2.45, 2.75) is 6.42 Å². The van der Waals surface area contributed by atoms with Crippen molar-refractivity contribution in [2.24, 2.45) is 0 Å². The average Bonchev–Trinajstić information content (AvgIpc) is 3.21. The third kappa shape index (κ3) is 4.54. The van der Waals surface area contributed by atoms with Crippen molar-refractivity contribution in [1.82, 2.24) is 25.1 Å². The first kappa shape index (κ1) is 19.4. The van der Waals surface area contributed by atoms with E-state index >= 15 is 0 Å². The van der Waals surface area contributed by atoms with Crippen LogP contribution in [0.5, 0.6) is 11.6 Å². The van der Waals surface area contributed by atoms with Gasteiger partial charge < -0.3 is 14.8 Å². The number of methoxy groups -OCH3 is 1. The summed E-state index contributed by atoms with van der Waals surface area (Å²) in [5.74, 6) is 1.77. The van der Waals surface area contributed by atoms with E-state index in [1.54, 1.807) is 23.8 Å². The van der Waals surface area contributed by atoms with Gasteiger partial charge >= 0.3 is 0 Å². The Morgan fingerprint density at radius 1 is 1.00 bits per heavy atom. The maximum Gasteiger partial charge on any atom is 0.231 e. The van der Waals surface area contributed by atoms with Gasteiger partial charge in [-0.3, -0.25) is 4.79 Å². The van der Waals surface area contributed by atoms with Crippen molar-refractivity contribution in [3.8, 4) is 23.0 Å². The maximum absolute atomic E-state index is 12.1. The number of fused-ring (bicyclic) bond motifs is 1. The molecule has 0 saturated heterocycles. The molecule has 0 atom stereocenters. The molecule has 4 aromatic rings. The number of hydrogen-bond acceptors (Lipinski definition) is 6. The molecule has 0 saturated carbocycles. The molecule has 1 N–H and O–H groups in total. The molecule has 8 nitrogen and oxygen atoms in total. The molecule has 2 heterocycles. The fourth-order valence-electron chi connectivity index (χ4n) is 2.95. The number of nitrogens with zero attached hydrogens (tertiary/aromatic N) is 4. The minimum absolute atomic E-state index is 0.0719. The van der Waals surface area contributed by atoms with Crippen molar-refractivity contribution in [1.29, 1.82) is 0 Å². The summed E-state index contributed by atoms with van der Waals surface area (Å²) in [4.78, 5) is 12.1. The highest BCUT2D eigenvalue weighted by Crippen LogP contribution is 2.18. The Labute approximate surface area is 173 Å². The Balaban J connectivity index is 1.31. The molecule has 0 unspecified atom stereocenters. The van der Waals surface area contributed by atoms with Gasteiger partial charge in [0.15, 0.2) is 11.5 Å². The normalized spacial score (nSPS) is 10.7. The molecule has 0 aliphatic heterocycles. The van der Waals surface area contributed by atoms with E-state index in [1.165, 1.54) is 0 Å². The molecule has 2 aromatic carbocycles. The van der Waals surface area contributed by atoms with Gasteiger partial charge in [0.25, 0.3) is 0 Å². The Morgan fingerprint density at radius 3 is 2.57 bits per heavy atom. The second-order valence-electron chi connectivity index (χ2n) is 6.55. The molecule has 0 aliphatic carbocycles. The lowest BCUT2D eigenvalue weighted by Gasteiger charge is -2.08. The quantitative estimate of drug-likeness (QED) is 0.455. The number of carbonyl (C=O) groups is 1. The molecule has 0 spiro atoms. The summed E-state index contributed by atoms with van der Waals surface area (Å²) in [6.45, 7) is 0.679. The Bertz CT molecular complexity index is 1130. The monoisotopic (exact) mass is 403 g/mol. The number of rotatable bonds is 8. The topological polar surface area (TPSA) is 90.6 Å². The summed E-state index contributed by atoms with van der Waals surface area (Å²) in [7, 11) is 1.61. The van der Waals surface area contributed by atoms with Gasteiger partial charge in [0, 0.05) is 11.6 Å². The molecule has 1 amide bonds. The molecule has 0 radical (unpaired) electrons. The van der Waals surface area contributed by atoms with Crippen LogP contribution in [0.15, 0.2) is 66.7 Å². The molecule has 0 aliphatic rings. The van der Waals surface area contributed by atoms with Gasteiger partial charge in [0.05, 0.1) is 20.1 Å². The zero-order chi connectivity index (χ0) is 20.8. The predicted octanol–water partition coefficient (Wildman–Crippen LogP) is 2.54. The van der Waals surface area contributed by atoms with Gasteiger partial charge in [-0.1, -0.05) is 42.5 Å². The molecule has 0 bridgehead atoms. The number of ether oxygens (including phenoxy) is 2. The highest BCUT2D eigenvalue weighted by Gasteiger charge is 2.10. The van der Waals surface area contributed by atoms with Crippen LogP contribution < -0.4 is 14.8 Å². The molecule has 0 fully saturated rings. The number of carbonyl (C=O) groups excluding carboxylic acids is 1. The van der Waals surface area contributed by atoms with Crippen LogP contribution in [-0.4, -0.2) is 46.0 Å². The fraction of sp³-hybridized carbons (Fsp3) is 0.182. The third-order valence-electron chi connectivity index (χ3n) is 4.47. The summed E-state index contributed by atoms with van der Waals surface area (Å²) >= 11 is 0. The zero-order valence-electron chi connectivity index (χ0n) is 16.5. The summed E-state index contributed by atoms with van der Waals surface area (Å²) in [5, 5.41) is 15.6. The van der Waals surface area contributed by atoms with Crippen LogP contribution in [0.1, 0.15) is 5.56 Å². The van der Waals surface area contributed by atoms with Crippen molar-refractivity contribution >= 4 is 11.6 Å². The molecule has 152 valence electrons. The van der Waals surface area contributed by atoms with Crippen molar-refractivity contribution < 1.29 is 14.3 Å². The summed E-state index contributed by atoms with van der Waals surface area (Å²) in [6.07, 6.45) is 0.301. The van der Waals surface area contributed by atoms with Gasteiger partial charge in [-0.2, -0.15) is 4.52 Å². The minimum atomic E-state index is -0.0719. The first-order chi connectivity index (χ1) is 14.7. The van der Waals surface area contributed by atoms with Crippen LogP contribution >= 0.6 is 0 Å². The zero-order valence-corrected chi connectivity index (χ0v) is 16.5. The molecule has 8 heteroatoms. The van der Waals surface area contributed by atoms with Gasteiger partial charge in [-0.15, -0.1) is 15.3 Å². The first-order valence-electron chi connectivity index (χ1n) is 9.53. The number of amides is 1. The summed E-state index contributed by atoms with van der Waals surface area (Å²) < 4.78 is 12.4. The molecular weight excluding hydrogens is 382 g/mol. The Hall–Kier alpha value is -3.94. The predicted molar refractivity (Wildman–Crippen MR) is 111 cm³/mol. The Kier molecular flexibility index (Phi) is 5.84. The number of aromatic nitrogens is 4. The summed E-state index contributed by atoms with van der Waals surface area (Å²) in [6, 6.07) is 20.7. The van der Waals surface area contributed by atoms with Crippen molar-refractivity contribution in [2.75, 3.05) is 20.3 Å². The second kappa shape index (κ2) is 9.04. The molecule has 2 aromatic heterocycles. The highest BCUT2D eigenvalue weighted by molar-refractivity contribution is 5.78. The van der Waals surface area contributed by atoms with Gasteiger partial charge in [-0.25, -0.2) is 0 Å². The molecule has 30 heavy (non-hydrogen) atoms. The average molecular weight is 403 g/mol. The van der Waals surface area contributed by atoms with Crippen LogP contribution in [0.25, 0.3) is 17.0 Å². The smallest absolute Gasteiger partial charge is 0.231 e. The van der Waals surface area contributed by atoms with Crippen LogP contribution in [-0.2, 0) is 11.2 Å².